The first-order valence-corrected chi connectivity index (χ1v) is 12.4. The van der Waals surface area contributed by atoms with Crippen LogP contribution < -0.4 is 9.64 Å². The molecule has 0 spiro atoms. The zero-order chi connectivity index (χ0) is 23.3. The molecule has 2 aromatic rings. The summed E-state index contributed by atoms with van der Waals surface area (Å²) in [6.07, 6.45) is 6.03. The summed E-state index contributed by atoms with van der Waals surface area (Å²) in [6, 6.07) is 18.1. The van der Waals surface area contributed by atoms with Crippen molar-refractivity contribution in [2.45, 2.75) is 50.9 Å². The quantitative estimate of drug-likeness (QED) is 0.646. The number of hydrogen-bond donors (Lipinski definition) is 0. The topological polar surface area (TPSA) is 62.3 Å². The van der Waals surface area contributed by atoms with Crippen molar-refractivity contribution in [3.8, 4) is 5.75 Å². The van der Waals surface area contributed by atoms with Crippen molar-refractivity contribution in [3.05, 3.63) is 60.2 Å². The van der Waals surface area contributed by atoms with Gasteiger partial charge in [0.1, 0.15) is 25.0 Å². The minimum Gasteiger partial charge on any atom is -0.490 e. The van der Waals surface area contributed by atoms with Crippen LogP contribution in [0.5, 0.6) is 5.75 Å². The zero-order valence-electron chi connectivity index (χ0n) is 19.6. The Morgan fingerprint density at radius 3 is 2.26 bits per heavy atom. The molecule has 2 saturated heterocycles. The number of piperidine rings is 1. The van der Waals surface area contributed by atoms with E-state index >= 15 is 0 Å². The lowest BCUT2D eigenvalue weighted by atomic mass is 9.90. The maximum absolute atomic E-state index is 12.7. The predicted molar refractivity (Wildman–Crippen MR) is 130 cm³/mol. The summed E-state index contributed by atoms with van der Waals surface area (Å²) in [7, 11) is 0. The fourth-order valence-corrected chi connectivity index (χ4v) is 4.92. The van der Waals surface area contributed by atoms with Gasteiger partial charge in [-0.05, 0) is 55.5 Å². The highest BCUT2D eigenvalue weighted by molar-refractivity contribution is 5.97. The molecule has 0 atom stereocenters. The van der Waals surface area contributed by atoms with Gasteiger partial charge in [-0.2, -0.15) is 0 Å². The van der Waals surface area contributed by atoms with Gasteiger partial charge in [-0.25, -0.2) is 4.79 Å². The first kappa shape index (κ1) is 22.7. The van der Waals surface area contributed by atoms with E-state index in [0.29, 0.717) is 13.1 Å². The molecule has 1 saturated carbocycles. The Labute approximate surface area is 201 Å². The molecule has 1 aliphatic carbocycles. The van der Waals surface area contributed by atoms with Crippen molar-refractivity contribution in [1.82, 2.24) is 9.80 Å². The lowest BCUT2D eigenvalue weighted by molar-refractivity contribution is -0.120. The molecule has 7 heteroatoms. The minimum absolute atomic E-state index is 0.0193. The van der Waals surface area contributed by atoms with Crippen molar-refractivity contribution in [2.75, 3.05) is 37.6 Å². The van der Waals surface area contributed by atoms with Crippen LogP contribution in [-0.2, 0) is 16.1 Å². The number of rotatable bonds is 6. The first-order chi connectivity index (χ1) is 16.7. The van der Waals surface area contributed by atoms with E-state index in [1.165, 1.54) is 24.2 Å². The first-order valence-electron chi connectivity index (χ1n) is 12.4. The molecule has 7 nitrogen and oxygen atoms in total. The fourth-order valence-electron chi connectivity index (χ4n) is 4.92. The molecule has 2 heterocycles. The lowest BCUT2D eigenvalue weighted by Crippen LogP contribution is -2.52. The number of carbonyl (C=O) groups excluding carboxylic acids is 2. The van der Waals surface area contributed by atoms with Crippen molar-refractivity contribution in [2.24, 2.45) is 0 Å². The Kier molecular flexibility index (Phi) is 7.00. The van der Waals surface area contributed by atoms with Gasteiger partial charge < -0.3 is 19.3 Å². The van der Waals surface area contributed by atoms with E-state index < -0.39 is 6.09 Å². The molecule has 3 fully saturated rings. The second-order valence-electron chi connectivity index (χ2n) is 9.44. The van der Waals surface area contributed by atoms with Crippen molar-refractivity contribution in [1.29, 1.82) is 0 Å². The third-order valence-corrected chi connectivity index (χ3v) is 7.20. The van der Waals surface area contributed by atoms with Crippen LogP contribution in [-0.4, -0.2) is 66.7 Å². The normalized spacial score (nSPS) is 20.2. The van der Waals surface area contributed by atoms with Gasteiger partial charge in [0.05, 0.1) is 0 Å². The largest absolute Gasteiger partial charge is 0.490 e. The number of nitrogens with zero attached hydrogens (tertiary/aromatic N) is 3. The number of carbonyl (C=O) groups is 2. The molecule has 180 valence electrons. The molecule has 0 radical (unpaired) electrons. The Hall–Kier alpha value is -3.06. The van der Waals surface area contributed by atoms with Gasteiger partial charge in [0, 0.05) is 37.9 Å². The Morgan fingerprint density at radius 2 is 1.62 bits per heavy atom. The number of ether oxygens (including phenoxy) is 2. The summed E-state index contributed by atoms with van der Waals surface area (Å²) in [4.78, 5) is 30.9. The second kappa shape index (κ2) is 10.5. The second-order valence-corrected chi connectivity index (χ2v) is 9.44. The molecular formula is C27H33N3O4. The fraction of sp³-hybridized carbons (Fsp3) is 0.481. The van der Waals surface area contributed by atoms with Gasteiger partial charge in [-0.15, -0.1) is 0 Å². The Balaban J connectivity index is 1.08. The SMILES string of the molecule is O=C(OCc1ccccc1)N1CCN(c2ccc(OC3CCN(C4CCC4)CC3)cc2)C(=O)C1. The van der Waals surface area contributed by atoms with Crippen LogP contribution in [0.4, 0.5) is 10.5 Å². The highest BCUT2D eigenvalue weighted by Crippen LogP contribution is 2.29. The third kappa shape index (κ3) is 5.36. The van der Waals surface area contributed by atoms with Crippen LogP contribution in [0.25, 0.3) is 0 Å². The van der Waals surface area contributed by atoms with Crippen LogP contribution in [0.2, 0.25) is 0 Å². The van der Waals surface area contributed by atoms with Crippen LogP contribution in [0.3, 0.4) is 0 Å². The molecule has 5 rings (SSSR count). The maximum Gasteiger partial charge on any atom is 0.410 e. The molecular weight excluding hydrogens is 430 g/mol. The van der Waals surface area contributed by atoms with E-state index in [1.54, 1.807) is 4.90 Å². The van der Waals surface area contributed by atoms with Gasteiger partial charge in [0.15, 0.2) is 0 Å². The number of hydrogen-bond acceptors (Lipinski definition) is 5. The van der Waals surface area contributed by atoms with Crippen molar-refractivity contribution in [3.63, 3.8) is 0 Å². The number of benzene rings is 2. The molecule has 2 amide bonds. The van der Waals surface area contributed by atoms with E-state index in [0.717, 1.165) is 49.0 Å². The third-order valence-electron chi connectivity index (χ3n) is 7.20. The van der Waals surface area contributed by atoms with Gasteiger partial charge in [0.2, 0.25) is 5.91 Å². The summed E-state index contributed by atoms with van der Waals surface area (Å²) in [5, 5.41) is 0. The van der Waals surface area contributed by atoms with Gasteiger partial charge in [-0.3, -0.25) is 9.69 Å². The number of anilines is 1. The van der Waals surface area contributed by atoms with Crippen LogP contribution in [0.15, 0.2) is 54.6 Å². The Bertz CT molecular complexity index is 969. The molecule has 2 aliphatic heterocycles. The molecule has 0 aromatic heterocycles. The predicted octanol–water partition coefficient (Wildman–Crippen LogP) is 4.07. The summed E-state index contributed by atoms with van der Waals surface area (Å²) in [5.74, 6) is 0.737. The average Bonchev–Trinajstić information content (AvgIpc) is 2.84. The molecule has 3 aliphatic rings. The standard InChI is InChI=1S/C27H33N3O4/c31-26-19-29(27(32)33-20-21-5-2-1-3-6-21)17-18-30(26)23-9-11-24(12-10-23)34-25-13-15-28(16-14-25)22-7-4-8-22/h1-3,5-6,9-12,22,25H,4,7-8,13-20H2. The lowest BCUT2D eigenvalue weighted by Gasteiger charge is -2.41. The average molecular weight is 464 g/mol. The molecule has 0 bridgehead atoms. The number of amides is 2. The van der Waals surface area contributed by atoms with Gasteiger partial charge in [0.25, 0.3) is 0 Å². The zero-order valence-corrected chi connectivity index (χ0v) is 19.6. The number of likely N-dealkylation sites (tertiary alicyclic amines) is 1. The highest BCUT2D eigenvalue weighted by Gasteiger charge is 2.30. The summed E-state index contributed by atoms with van der Waals surface area (Å²) in [6.45, 7) is 3.36. The van der Waals surface area contributed by atoms with Crippen molar-refractivity contribution < 1.29 is 19.1 Å². The van der Waals surface area contributed by atoms with E-state index in [4.69, 9.17) is 9.47 Å². The number of piperazine rings is 1. The van der Waals surface area contributed by atoms with Crippen LogP contribution in [0.1, 0.15) is 37.7 Å². The van der Waals surface area contributed by atoms with E-state index in [-0.39, 0.29) is 25.2 Å². The van der Waals surface area contributed by atoms with Crippen LogP contribution in [0, 0.1) is 0 Å². The monoisotopic (exact) mass is 463 g/mol. The summed E-state index contributed by atoms with van der Waals surface area (Å²) < 4.78 is 11.6. The van der Waals surface area contributed by atoms with E-state index in [9.17, 15) is 9.59 Å². The highest BCUT2D eigenvalue weighted by atomic mass is 16.6. The summed E-state index contributed by atoms with van der Waals surface area (Å²) in [5.41, 5.74) is 1.75. The Morgan fingerprint density at radius 1 is 0.882 bits per heavy atom. The van der Waals surface area contributed by atoms with Crippen LogP contribution >= 0.6 is 0 Å². The van der Waals surface area contributed by atoms with E-state index in [1.807, 2.05) is 54.6 Å². The van der Waals surface area contributed by atoms with E-state index in [2.05, 4.69) is 4.90 Å². The van der Waals surface area contributed by atoms with Gasteiger partial charge >= 0.3 is 6.09 Å². The smallest absolute Gasteiger partial charge is 0.410 e. The maximum atomic E-state index is 12.7. The summed E-state index contributed by atoms with van der Waals surface area (Å²) >= 11 is 0. The molecule has 34 heavy (non-hydrogen) atoms. The molecule has 2 aromatic carbocycles. The minimum atomic E-state index is -0.455. The molecule has 0 N–H and O–H groups in total. The van der Waals surface area contributed by atoms with Crippen molar-refractivity contribution >= 4 is 17.7 Å². The molecule has 0 unspecified atom stereocenters. The van der Waals surface area contributed by atoms with Gasteiger partial charge in [-0.1, -0.05) is 36.8 Å².